The van der Waals surface area contributed by atoms with Gasteiger partial charge in [-0.15, -0.1) is 0 Å². The van der Waals surface area contributed by atoms with Gasteiger partial charge in [0.05, 0.1) is 39.1 Å². The molecule has 9 N–H and O–H groups in total. The molecule has 0 spiro atoms. The Balaban J connectivity index is 0. The monoisotopic (exact) mass is 376 g/mol. The van der Waals surface area contributed by atoms with Crippen LogP contribution < -0.4 is 28.0 Å². The first-order valence-electron chi connectivity index (χ1n) is 7.99. The SMILES string of the molecule is CC(=O)C(C(=O)[O-])C(O)C[N+](C)(C)C.NC(=O)[C@@H](N)CCCN=C(N)N. The number of aliphatic carboxylic acids is 1. The molecule has 0 aliphatic heterocycles. The zero-order valence-electron chi connectivity index (χ0n) is 15.8. The van der Waals surface area contributed by atoms with Crippen molar-refractivity contribution in [3.05, 3.63) is 0 Å². The van der Waals surface area contributed by atoms with E-state index >= 15 is 0 Å². The third-order valence-electron chi connectivity index (χ3n) is 3.14. The number of hydrogen-bond donors (Lipinski definition) is 5. The van der Waals surface area contributed by atoms with Crippen LogP contribution >= 0.6 is 0 Å². The van der Waals surface area contributed by atoms with Gasteiger partial charge in [0, 0.05) is 6.54 Å². The number of hydrogen-bond acceptors (Lipinski definition) is 7. The lowest BCUT2D eigenvalue weighted by atomic mass is 9.98. The van der Waals surface area contributed by atoms with Gasteiger partial charge in [-0.25, -0.2) is 0 Å². The summed E-state index contributed by atoms with van der Waals surface area (Å²) in [6.07, 6.45) is -0.0359. The molecular weight excluding hydrogens is 344 g/mol. The van der Waals surface area contributed by atoms with Crippen molar-refractivity contribution in [3.8, 4) is 0 Å². The van der Waals surface area contributed by atoms with Gasteiger partial charge in [-0.05, 0) is 19.8 Å². The lowest BCUT2D eigenvalue weighted by Crippen LogP contribution is -2.50. The van der Waals surface area contributed by atoms with Gasteiger partial charge in [-0.1, -0.05) is 0 Å². The Morgan fingerprint density at radius 1 is 1.15 bits per heavy atom. The van der Waals surface area contributed by atoms with Crippen molar-refractivity contribution in [1.82, 2.24) is 0 Å². The number of aliphatic hydroxyl groups excluding tert-OH is 1. The van der Waals surface area contributed by atoms with E-state index in [4.69, 9.17) is 22.9 Å². The molecule has 1 amide bonds. The summed E-state index contributed by atoms with van der Waals surface area (Å²) in [5.41, 5.74) is 20.4. The lowest BCUT2D eigenvalue weighted by molar-refractivity contribution is -0.873. The molecule has 3 atom stereocenters. The molecule has 0 rings (SSSR count). The van der Waals surface area contributed by atoms with E-state index in [1.165, 1.54) is 0 Å². The van der Waals surface area contributed by atoms with Crippen LogP contribution in [0.3, 0.4) is 0 Å². The second-order valence-corrected chi connectivity index (χ2v) is 6.91. The Morgan fingerprint density at radius 3 is 1.96 bits per heavy atom. The van der Waals surface area contributed by atoms with Crippen LogP contribution in [0, 0.1) is 5.92 Å². The molecule has 0 bridgehead atoms. The van der Waals surface area contributed by atoms with Crippen LogP contribution in [-0.4, -0.2) is 79.6 Å². The molecule has 0 aromatic carbocycles. The Kier molecular flexibility index (Phi) is 12.2. The van der Waals surface area contributed by atoms with Gasteiger partial charge in [0.15, 0.2) is 5.96 Å². The van der Waals surface area contributed by atoms with E-state index in [1.807, 2.05) is 0 Å². The highest BCUT2D eigenvalue weighted by molar-refractivity contribution is 5.96. The van der Waals surface area contributed by atoms with E-state index in [-0.39, 0.29) is 12.5 Å². The fourth-order valence-corrected chi connectivity index (χ4v) is 1.92. The van der Waals surface area contributed by atoms with Gasteiger partial charge in [0.25, 0.3) is 0 Å². The van der Waals surface area contributed by atoms with E-state index in [0.29, 0.717) is 23.9 Å². The number of carbonyl (C=O) groups excluding carboxylic acids is 3. The van der Waals surface area contributed by atoms with E-state index in [9.17, 15) is 24.6 Å². The second kappa shape index (κ2) is 12.2. The number of nitrogens with two attached hydrogens (primary N) is 4. The Morgan fingerprint density at radius 2 is 1.65 bits per heavy atom. The third-order valence-corrected chi connectivity index (χ3v) is 3.14. The molecule has 0 saturated heterocycles. The predicted molar refractivity (Wildman–Crippen MR) is 95.2 cm³/mol. The molecule has 26 heavy (non-hydrogen) atoms. The molecule has 0 heterocycles. The number of primary amides is 1. The van der Waals surface area contributed by atoms with Crippen LogP contribution in [0.2, 0.25) is 0 Å². The van der Waals surface area contributed by atoms with Gasteiger partial charge in [0.1, 0.15) is 18.4 Å². The maximum Gasteiger partial charge on any atom is 0.234 e. The van der Waals surface area contributed by atoms with E-state index < -0.39 is 35.7 Å². The highest BCUT2D eigenvalue weighted by Gasteiger charge is 2.29. The Labute approximate surface area is 153 Å². The summed E-state index contributed by atoms with van der Waals surface area (Å²) in [5, 5.41) is 20.1. The van der Waals surface area contributed by atoms with Gasteiger partial charge >= 0.3 is 0 Å². The number of carboxylic acid groups (broad SMARTS) is 1. The molecule has 152 valence electrons. The summed E-state index contributed by atoms with van der Waals surface area (Å²) in [7, 11) is 5.40. The zero-order chi connectivity index (χ0) is 21.1. The quantitative estimate of drug-likeness (QED) is 0.0828. The fraction of sp³-hybridized carbons (Fsp3) is 0.733. The number of aliphatic hydroxyl groups is 1. The van der Waals surface area contributed by atoms with Gasteiger partial charge in [0.2, 0.25) is 5.91 Å². The maximum absolute atomic E-state index is 10.9. The first-order chi connectivity index (χ1) is 11.7. The van der Waals surface area contributed by atoms with E-state index in [0.717, 1.165) is 6.92 Å². The minimum Gasteiger partial charge on any atom is -0.549 e. The zero-order valence-corrected chi connectivity index (χ0v) is 15.8. The molecular formula is C15H32N6O5. The first-order valence-corrected chi connectivity index (χ1v) is 7.99. The average Bonchev–Trinajstić information content (AvgIpc) is 2.40. The van der Waals surface area contributed by atoms with Crippen molar-refractivity contribution in [2.45, 2.75) is 31.9 Å². The molecule has 11 heteroatoms. The molecule has 2 unspecified atom stereocenters. The van der Waals surface area contributed by atoms with Gasteiger partial charge in [-0.2, -0.15) is 0 Å². The average molecular weight is 376 g/mol. The number of carbonyl (C=O) groups is 3. The summed E-state index contributed by atoms with van der Waals surface area (Å²) in [6, 6.07) is -0.598. The van der Waals surface area contributed by atoms with E-state index in [2.05, 4.69) is 4.99 Å². The summed E-state index contributed by atoms with van der Waals surface area (Å²) >= 11 is 0. The van der Waals surface area contributed by atoms with Crippen molar-refractivity contribution >= 4 is 23.6 Å². The summed E-state index contributed by atoms with van der Waals surface area (Å²) < 4.78 is 0.387. The molecule has 0 saturated carbocycles. The predicted octanol–water partition coefficient (Wildman–Crippen LogP) is -4.14. The molecule has 0 aliphatic rings. The number of likely N-dealkylation sites (N-methyl/N-ethyl adjacent to an activating group) is 1. The number of Topliss-reactive ketones (excluding diaryl/α,β-unsaturated/α-hetero) is 1. The van der Waals surface area contributed by atoms with Crippen molar-refractivity contribution in [1.29, 1.82) is 0 Å². The highest BCUT2D eigenvalue weighted by Crippen LogP contribution is 2.08. The number of rotatable bonds is 10. The smallest absolute Gasteiger partial charge is 0.234 e. The minimum atomic E-state index is -1.52. The number of quaternary nitrogens is 1. The molecule has 0 aliphatic carbocycles. The summed E-state index contributed by atoms with van der Waals surface area (Å²) in [4.78, 5) is 35.7. The molecule has 0 aromatic rings. The lowest BCUT2D eigenvalue weighted by Gasteiger charge is -2.30. The highest BCUT2D eigenvalue weighted by atomic mass is 16.4. The first kappa shape index (κ1) is 26.0. The third kappa shape index (κ3) is 14.1. The summed E-state index contributed by atoms with van der Waals surface area (Å²) in [5.74, 6) is -3.97. The topological polar surface area (TPSA) is 211 Å². The number of aliphatic imine (C=N–C) groups is 1. The van der Waals surface area contributed by atoms with Crippen molar-refractivity contribution in [3.63, 3.8) is 0 Å². The normalized spacial score (nSPS) is 14.2. The standard InChI is InChI=1S/C9H17NO4.C6H15N5O/c1-6(11)8(9(13)14)7(12)5-10(2,3)4;7-4(5(8)12)2-1-3-11-6(9)10/h7-8,12H,5H2,1-4H3;4H,1-3,7H2,(H2,8,12)(H4,9,10,11)/t;4-/m.0/s1. The molecule has 0 fully saturated rings. The van der Waals surface area contributed by atoms with Crippen LogP contribution in [0.15, 0.2) is 4.99 Å². The van der Waals surface area contributed by atoms with Crippen molar-refractivity contribution in [2.75, 3.05) is 34.2 Å². The maximum atomic E-state index is 10.9. The van der Waals surface area contributed by atoms with Crippen molar-refractivity contribution in [2.24, 2.45) is 33.8 Å². The second-order valence-electron chi connectivity index (χ2n) is 6.91. The van der Waals surface area contributed by atoms with Crippen LogP contribution in [0.25, 0.3) is 0 Å². The molecule has 11 nitrogen and oxygen atoms in total. The van der Waals surface area contributed by atoms with Crippen LogP contribution in [0.1, 0.15) is 19.8 Å². The molecule has 0 radical (unpaired) electrons. The van der Waals surface area contributed by atoms with Crippen LogP contribution in [0.4, 0.5) is 0 Å². The number of ketones is 1. The fourth-order valence-electron chi connectivity index (χ4n) is 1.92. The summed E-state index contributed by atoms with van der Waals surface area (Å²) in [6.45, 7) is 1.81. The number of amides is 1. The van der Waals surface area contributed by atoms with Gasteiger partial charge in [-0.3, -0.25) is 14.6 Å². The molecule has 0 aromatic heterocycles. The Bertz CT molecular complexity index is 485. The van der Waals surface area contributed by atoms with Crippen molar-refractivity contribution < 1.29 is 29.1 Å². The van der Waals surface area contributed by atoms with Crippen LogP contribution in [-0.2, 0) is 14.4 Å². The Hall–Kier alpha value is -2.24. The van der Waals surface area contributed by atoms with Crippen LogP contribution in [0.5, 0.6) is 0 Å². The number of nitrogens with zero attached hydrogens (tertiary/aromatic N) is 2. The number of carboxylic acids is 1. The van der Waals surface area contributed by atoms with E-state index in [1.54, 1.807) is 21.1 Å². The van der Waals surface area contributed by atoms with Gasteiger partial charge < -0.3 is 42.4 Å². The number of guanidine groups is 1. The minimum absolute atomic E-state index is 0.0441. The largest absolute Gasteiger partial charge is 0.549 e.